The van der Waals surface area contributed by atoms with Crippen LogP contribution < -0.4 is 10.6 Å². The van der Waals surface area contributed by atoms with Crippen LogP contribution >= 0.6 is 0 Å². The highest BCUT2D eigenvalue weighted by Crippen LogP contribution is 2.20. The molecule has 22 heavy (non-hydrogen) atoms. The second-order valence-corrected chi connectivity index (χ2v) is 5.99. The lowest BCUT2D eigenvalue weighted by Crippen LogP contribution is -2.36. The van der Waals surface area contributed by atoms with Gasteiger partial charge in [0.2, 0.25) is 5.91 Å². The average molecular weight is 307 g/mol. The Hall–Kier alpha value is -1.46. The number of benzene rings is 1. The molecular weight excluding hydrogens is 281 g/mol. The van der Waals surface area contributed by atoms with Gasteiger partial charge in [0.15, 0.2) is 0 Å². The van der Waals surface area contributed by atoms with E-state index in [2.05, 4.69) is 15.5 Å². The maximum Gasteiger partial charge on any atom is 0.225 e. The van der Waals surface area contributed by atoms with Crippen LogP contribution in [-0.4, -0.2) is 44.0 Å². The van der Waals surface area contributed by atoms with E-state index in [9.17, 15) is 9.18 Å². The molecule has 0 spiro atoms. The smallest absolute Gasteiger partial charge is 0.225 e. The van der Waals surface area contributed by atoms with E-state index < -0.39 is 0 Å². The zero-order chi connectivity index (χ0) is 15.8. The van der Waals surface area contributed by atoms with Crippen LogP contribution in [0.25, 0.3) is 0 Å². The molecule has 1 heterocycles. The highest BCUT2D eigenvalue weighted by molar-refractivity contribution is 5.90. The molecule has 0 atom stereocenters. The van der Waals surface area contributed by atoms with Crippen molar-refractivity contribution in [3.63, 3.8) is 0 Å². The monoisotopic (exact) mass is 307 g/mol. The molecule has 0 aromatic heterocycles. The summed E-state index contributed by atoms with van der Waals surface area (Å²) in [7, 11) is 1.99. The fourth-order valence-electron chi connectivity index (χ4n) is 2.90. The zero-order valence-electron chi connectivity index (χ0n) is 13.3. The van der Waals surface area contributed by atoms with Gasteiger partial charge in [-0.05, 0) is 70.1 Å². The summed E-state index contributed by atoms with van der Waals surface area (Å²) < 4.78 is 13.1. The van der Waals surface area contributed by atoms with Gasteiger partial charge in [0, 0.05) is 18.7 Å². The number of hydrogen-bond acceptors (Lipinski definition) is 3. The van der Waals surface area contributed by atoms with Gasteiger partial charge in [-0.3, -0.25) is 4.79 Å². The Balaban J connectivity index is 1.65. The predicted molar refractivity (Wildman–Crippen MR) is 87.4 cm³/mol. The van der Waals surface area contributed by atoms with Crippen molar-refractivity contribution in [2.24, 2.45) is 5.92 Å². The number of amides is 1. The molecule has 1 aromatic rings. The number of hydrogen-bond donors (Lipinski definition) is 2. The third-order valence-corrected chi connectivity index (χ3v) is 4.27. The van der Waals surface area contributed by atoms with E-state index in [1.54, 1.807) is 12.1 Å². The van der Waals surface area contributed by atoms with Crippen LogP contribution in [0.5, 0.6) is 0 Å². The van der Waals surface area contributed by atoms with Gasteiger partial charge < -0.3 is 15.5 Å². The molecule has 1 aliphatic rings. The molecule has 0 unspecified atom stereocenters. The van der Waals surface area contributed by atoms with E-state index in [-0.39, 0.29) is 11.7 Å². The van der Waals surface area contributed by atoms with Gasteiger partial charge in [0.25, 0.3) is 0 Å². The van der Waals surface area contributed by atoms with Gasteiger partial charge in [-0.2, -0.15) is 0 Å². The topological polar surface area (TPSA) is 44.4 Å². The van der Waals surface area contributed by atoms with Crippen LogP contribution in [0.15, 0.2) is 24.3 Å². The molecule has 2 rings (SSSR count). The molecule has 0 radical (unpaired) electrons. The summed E-state index contributed by atoms with van der Waals surface area (Å²) in [5.41, 5.74) is 0.524. The van der Waals surface area contributed by atoms with E-state index in [4.69, 9.17) is 0 Å². The molecule has 0 bridgehead atoms. The van der Waals surface area contributed by atoms with Crippen molar-refractivity contribution >= 4 is 11.6 Å². The van der Waals surface area contributed by atoms with Crippen molar-refractivity contribution in [3.05, 3.63) is 30.1 Å². The molecular formula is C17H26FN3O. The fourth-order valence-corrected chi connectivity index (χ4v) is 2.90. The maximum absolute atomic E-state index is 13.1. The Bertz CT molecular complexity index is 473. The minimum atomic E-state index is -0.332. The second-order valence-electron chi connectivity index (χ2n) is 5.99. The molecule has 122 valence electrons. The van der Waals surface area contributed by atoms with Crippen LogP contribution in [0.3, 0.4) is 0 Å². The predicted octanol–water partition coefficient (Wildman–Crippen LogP) is 2.48. The first kappa shape index (κ1) is 16.9. The molecule has 4 nitrogen and oxygen atoms in total. The van der Waals surface area contributed by atoms with Gasteiger partial charge in [0.1, 0.15) is 5.82 Å². The zero-order valence-corrected chi connectivity index (χ0v) is 13.3. The minimum absolute atomic E-state index is 0.0529. The molecule has 2 N–H and O–H groups in total. The Labute approximate surface area is 132 Å². The lowest BCUT2D eigenvalue weighted by molar-refractivity contribution is -0.116. The SMILES string of the molecule is CNCCC1CCN(CCC(=O)Nc2cccc(F)c2)CC1. The van der Waals surface area contributed by atoms with Crippen LogP contribution in [0.4, 0.5) is 10.1 Å². The molecule has 1 fully saturated rings. The van der Waals surface area contributed by atoms with E-state index in [0.717, 1.165) is 32.1 Å². The summed E-state index contributed by atoms with van der Waals surface area (Å²) in [6.45, 7) is 4.00. The third-order valence-electron chi connectivity index (χ3n) is 4.27. The van der Waals surface area contributed by atoms with Gasteiger partial charge >= 0.3 is 0 Å². The van der Waals surface area contributed by atoms with Crippen molar-refractivity contribution in [1.82, 2.24) is 10.2 Å². The van der Waals surface area contributed by atoms with E-state index in [1.807, 2.05) is 7.05 Å². The van der Waals surface area contributed by atoms with Gasteiger partial charge in [-0.1, -0.05) is 6.07 Å². The molecule has 1 aliphatic heterocycles. The largest absolute Gasteiger partial charge is 0.326 e. The number of anilines is 1. The first-order chi connectivity index (χ1) is 10.7. The number of likely N-dealkylation sites (tertiary alicyclic amines) is 1. The standard InChI is InChI=1S/C17H26FN3O/c1-19-9-5-14-6-10-21(11-7-14)12-8-17(22)20-16-4-2-3-15(18)13-16/h2-4,13-14,19H,5-12H2,1H3,(H,20,22). The lowest BCUT2D eigenvalue weighted by Gasteiger charge is -2.31. The lowest BCUT2D eigenvalue weighted by atomic mass is 9.93. The summed E-state index contributed by atoms with van der Waals surface area (Å²) in [5.74, 6) is 0.425. The summed E-state index contributed by atoms with van der Waals surface area (Å²) in [6, 6.07) is 6.01. The maximum atomic E-state index is 13.1. The van der Waals surface area contributed by atoms with E-state index in [1.165, 1.54) is 31.4 Å². The van der Waals surface area contributed by atoms with E-state index >= 15 is 0 Å². The molecule has 0 aliphatic carbocycles. The first-order valence-electron chi connectivity index (χ1n) is 8.10. The number of halogens is 1. The Morgan fingerprint density at radius 3 is 2.82 bits per heavy atom. The highest BCUT2D eigenvalue weighted by atomic mass is 19.1. The van der Waals surface area contributed by atoms with Crippen molar-refractivity contribution in [2.75, 3.05) is 38.5 Å². The van der Waals surface area contributed by atoms with Crippen LogP contribution in [-0.2, 0) is 4.79 Å². The number of carbonyl (C=O) groups excluding carboxylic acids is 1. The van der Waals surface area contributed by atoms with Gasteiger partial charge in [0.05, 0.1) is 0 Å². The quantitative estimate of drug-likeness (QED) is 0.813. The highest BCUT2D eigenvalue weighted by Gasteiger charge is 2.19. The third kappa shape index (κ3) is 5.73. The number of rotatable bonds is 7. The van der Waals surface area contributed by atoms with Crippen molar-refractivity contribution in [1.29, 1.82) is 0 Å². The normalized spacial score (nSPS) is 16.6. The summed E-state index contributed by atoms with van der Waals surface area (Å²) in [6.07, 6.45) is 4.13. The number of nitrogens with zero attached hydrogens (tertiary/aromatic N) is 1. The summed E-state index contributed by atoms with van der Waals surface area (Å²) in [5, 5.41) is 5.95. The Morgan fingerprint density at radius 1 is 1.36 bits per heavy atom. The number of nitrogens with one attached hydrogen (secondary N) is 2. The number of piperidine rings is 1. The van der Waals surface area contributed by atoms with E-state index in [0.29, 0.717) is 12.1 Å². The summed E-state index contributed by atoms with van der Waals surface area (Å²) in [4.78, 5) is 14.3. The van der Waals surface area contributed by atoms with Crippen LogP contribution in [0, 0.1) is 11.7 Å². The fraction of sp³-hybridized carbons (Fsp3) is 0.588. The second kappa shape index (κ2) is 8.86. The molecule has 1 amide bonds. The van der Waals surface area contributed by atoms with Crippen LogP contribution in [0.1, 0.15) is 25.7 Å². The van der Waals surface area contributed by atoms with Crippen molar-refractivity contribution in [3.8, 4) is 0 Å². The molecule has 0 saturated carbocycles. The van der Waals surface area contributed by atoms with Crippen LogP contribution in [0.2, 0.25) is 0 Å². The van der Waals surface area contributed by atoms with Gasteiger partial charge in [-0.25, -0.2) is 4.39 Å². The Kier molecular flexibility index (Phi) is 6.80. The summed E-state index contributed by atoms with van der Waals surface area (Å²) >= 11 is 0. The Morgan fingerprint density at radius 2 is 2.14 bits per heavy atom. The van der Waals surface area contributed by atoms with Gasteiger partial charge in [-0.15, -0.1) is 0 Å². The first-order valence-corrected chi connectivity index (χ1v) is 8.10. The van der Waals surface area contributed by atoms with Crippen molar-refractivity contribution < 1.29 is 9.18 Å². The molecule has 1 saturated heterocycles. The van der Waals surface area contributed by atoms with Crippen molar-refractivity contribution in [2.45, 2.75) is 25.7 Å². The molecule has 5 heteroatoms. The number of carbonyl (C=O) groups is 1. The molecule has 1 aromatic carbocycles. The minimum Gasteiger partial charge on any atom is -0.326 e. The average Bonchev–Trinajstić information content (AvgIpc) is 2.52.